The van der Waals surface area contributed by atoms with Gasteiger partial charge in [-0.3, -0.25) is 0 Å². The van der Waals surface area contributed by atoms with Crippen LogP contribution in [0, 0.1) is 0 Å². The lowest BCUT2D eigenvalue weighted by molar-refractivity contribution is 0.0699. The monoisotopic (exact) mass is 230 g/mol. The summed E-state index contributed by atoms with van der Waals surface area (Å²) in [5.41, 5.74) is 1.00. The number of hydrogen-bond donors (Lipinski definition) is 1. The second-order valence-electron chi connectivity index (χ2n) is 3.86. The van der Waals surface area contributed by atoms with Crippen LogP contribution in [0.4, 0.5) is 5.82 Å². The van der Waals surface area contributed by atoms with E-state index in [0.29, 0.717) is 16.5 Å². The quantitative estimate of drug-likeness (QED) is 0.879. The highest BCUT2D eigenvalue weighted by atomic mass is 16.4. The number of rotatable bonds is 3. The zero-order valence-electron chi connectivity index (χ0n) is 9.84. The third-order valence-corrected chi connectivity index (χ3v) is 2.81. The lowest BCUT2D eigenvalue weighted by Crippen LogP contribution is -2.17. The Morgan fingerprint density at radius 3 is 2.76 bits per heavy atom. The van der Waals surface area contributed by atoms with Gasteiger partial charge in [-0.05, 0) is 31.2 Å². The van der Waals surface area contributed by atoms with Gasteiger partial charge in [-0.1, -0.05) is 6.07 Å². The fourth-order valence-electron chi connectivity index (χ4n) is 1.71. The number of anilines is 1. The molecule has 0 saturated carbocycles. The minimum Gasteiger partial charge on any atom is -0.478 e. The lowest BCUT2D eigenvalue weighted by Gasteiger charge is -2.16. The molecule has 1 aromatic carbocycles. The van der Waals surface area contributed by atoms with Crippen LogP contribution < -0.4 is 4.90 Å². The van der Waals surface area contributed by atoms with Crippen LogP contribution in [0.1, 0.15) is 17.3 Å². The van der Waals surface area contributed by atoms with Crippen molar-refractivity contribution in [2.75, 3.05) is 18.5 Å². The summed E-state index contributed by atoms with van der Waals surface area (Å²) in [6.07, 6.45) is 0. The standard InChI is InChI=1S/C13H14N2O2/c1-3-15(2)12-8-7-9-10(13(16)17)5-4-6-11(9)14-12/h4-8H,3H2,1-2H3,(H,16,17). The van der Waals surface area contributed by atoms with Gasteiger partial charge in [0, 0.05) is 19.0 Å². The molecule has 4 nitrogen and oxygen atoms in total. The summed E-state index contributed by atoms with van der Waals surface area (Å²) in [5, 5.41) is 9.74. The summed E-state index contributed by atoms with van der Waals surface area (Å²) in [6, 6.07) is 8.80. The SMILES string of the molecule is CCN(C)c1ccc2c(C(=O)O)cccc2n1. The Hall–Kier alpha value is -2.10. The second-order valence-corrected chi connectivity index (χ2v) is 3.86. The van der Waals surface area contributed by atoms with Crippen molar-refractivity contribution >= 4 is 22.7 Å². The second kappa shape index (κ2) is 4.41. The van der Waals surface area contributed by atoms with Gasteiger partial charge < -0.3 is 10.0 Å². The zero-order chi connectivity index (χ0) is 12.4. The molecule has 0 radical (unpaired) electrons. The van der Waals surface area contributed by atoms with Crippen molar-refractivity contribution < 1.29 is 9.90 Å². The molecule has 88 valence electrons. The summed E-state index contributed by atoms with van der Waals surface area (Å²) in [7, 11) is 1.95. The van der Waals surface area contributed by atoms with Gasteiger partial charge in [0.05, 0.1) is 11.1 Å². The molecule has 0 spiro atoms. The molecule has 0 bridgehead atoms. The van der Waals surface area contributed by atoms with Crippen molar-refractivity contribution in [1.82, 2.24) is 4.98 Å². The number of fused-ring (bicyclic) bond motifs is 1. The van der Waals surface area contributed by atoms with Crippen LogP contribution in [0.5, 0.6) is 0 Å². The van der Waals surface area contributed by atoms with Gasteiger partial charge in [0.2, 0.25) is 0 Å². The van der Waals surface area contributed by atoms with E-state index in [-0.39, 0.29) is 0 Å². The first-order valence-electron chi connectivity index (χ1n) is 5.47. The molecule has 2 rings (SSSR count). The molecule has 4 heteroatoms. The van der Waals surface area contributed by atoms with Crippen molar-refractivity contribution in [3.63, 3.8) is 0 Å². The molecule has 0 fully saturated rings. The van der Waals surface area contributed by atoms with E-state index in [9.17, 15) is 4.79 Å². The van der Waals surface area contributed by atoms with Crippen LogP contribution in [-0.4, -0.2) is 29.7 Å². The normalized spacial score (nSPS) is 10.5. The maximum Gasteiger partial charge on any atom is 0.336 e. The van der Waals surface area contributed by atoms with E-state index >= 15 is 0 Å². The van der Waals surface area contributed by atoms with Crippen LogP contribution >= 0.6 is 0 Å². The van der Waals surface area contributed by atoms with Gasteiger partial charge in [-0.2, -0.15) is 0 Å². The molecule has 0 amide bonds. The molecule has 2 aromatic rings. The maximum absolute atomic E-state index is 11.1. The molecular weight excluding hydrogens is 216 g/mol. The van der Waals surface area contributed by atoms with Crippen LogP contribution in [0.25, 0.3) is 10.9 Å². The average molecular weight is 230 g/mol. The van der Waals surface area contributed by atoms with Gasteiger partial charge >= 0.3 is 5.97 Å². The van der Waals surface area contributed by atoms with Crippen molar-refractivity contribution in [2.24, 2.45) is 0 Å². The number of aromatic carboxylic acids is 1. The average Bonchev–Trinajstić information content (AvgIpc) is 2.36. The first-order chi connectivity index (χ1) is 8.13. The molecule has 0 aliphatic carbocycles. The van der Waals surface area contributed by atoms with Gasteiger partial charge in [0.15, 0.2) is 0 Å². The van der Waals surface area contributed by atoms with Crippen LogP contribution in [0.3, 0.4) is 0 Å². The van der Waals surface area contributed by atoms with Crippen molar-refractivity contribution in [2.45, 2.75) is 6.92 Å². The maximum atomic E-state index is 11.1. The molecule has 1 N–H and O–H groups in total. The topological polar surface area (TPSA) is 53.4 Å². The minimum atomic E-state index is -0.922. The Kier molecular flexibility index (Phi) is 2.95. The van der Waals surface area contributed by atoms with Crippen molar-refractivity contribution in [1.29, 1.82) is 0 Å². The van der Waals surface area contributed by atoms with Crippen molar-refractivity contribution in [3.8, 4) is 0 Å². The Morgan fingerprint density at radius 1 is 1.35 bits per heavy atom. The molecule has 0 unspecified atom stereocenters. The molecule has 1 aromatic heterocycles. The lowest BCUT2D eigenvalue weighted by atomic mass is 10.1. The van der Waals surface area contributed by atoms with E-state index < -0.39 is 5.97 Å². The number of pyridine rings is 1. The van der Waals surface area contributed by atoms with Crippen LogP contribution in [0.15, 0.2) is 30.3 Å². The number of aromatic nitrogens is 1. The van der Waals surface area contributed by atoms with Gasteiger partial charge in [-0.25, -0.2) is 9.78 Å². The first kappa shape index (κ1) is 11.4. The van der Waals surface area contributed by atoms with E-state index in [2.05, 4.69) is 4.98 Å². The van der Waals surface area contributed by atoms with E-state index in [4.69, 9.17) is 5.11 Å². The Bertz CT molecular complexity index is 566. The highest BCUT2D eigenvalue weighted by molar-refractivity contribution is 6.02. The number of nitrogens with zero attached hydrogens (tertiary/aromatic N) is 2. The number of carbonyl (C=O) groups is 1. The number of carboxylic acid groups (broad SMARTS) is 1. The fourth-order valence-corrected chi connectivity index (χ4v) is 1.71. The highest BCUT2D eigenvalue weighted by Crippen LogP contribution is 2.20. The summed E-state index contributed by atoms with van der Waals surface area (Å²) in [6.45, 7) is 2.90. The van der Waals surface area contributed by atoms with Crippen LogP contribution in [-0.2, 0) is 0 Å². The summed E-state index contributed by atoms with van der Waals surface area (Å²) >= 11 is 0. The minimum absolute atomic E-state index is 0.292. The predicted molar refractivity (Wildman–Crippen MR) is 67.6 cm³/mol. The van der Waals surface area contributed by atoms with E-state index in [1.807, 2.05) is 37.1 Å². The summed E-state index contributed by atoms with van der Waals surface area (Å²) < 4.78 is 0. The summed E-state index contributed by atoms with van der Waals surface area (Å²) in [4.78, 5) is 17.5. The summed E-state index contributed by atoms with van der Waals surface area (Å²) in [5.74, 6) is -0.0727. The Labute approximate surface area is 99.5 Å². The van der Waals surface area contributed by atoms with Gasteiger partial charge in [-0.15, -0.1) is 0 Å². The van der Waals surface area contributed by atoms with E-state index in [1.54, 1.807) is 12.1 Å². The largest absolute Gasteiger partial charge is 0.478 e. The predicted octanol–water partition coefficient (Wildman–Crippen LogP) is 2.39. The molecule has 0 saturated heterocycles. The molecular formula is C13H14N2O2. The number of hydrogen-bond acceptors (Lipinski definition) is 3. The fraction of sp³-hybridized carbons (Fsp3) is 0.231. The van der Waals surface area contributed by atoms with E-state index in [1.165, 1.54) is 0 Å². The molecule has 1 heterocycles. The van der Waals surface area contributed by atoms with E-state index in [0.717, 1.165) is 12.4 Å². The smallest absolute Gasteiger partial charge is 0.336 e. The molecule has 17 heavy (non-hydrogen) atoms. The van der Waals surface area contributed by atoms with Crippen LogP contribution in [0.2, 0.25) is 0 Å². The van der Waals surface area contributed by atoms with Gasteiger partial charge in [0.1, 0.15) is 5.82 Å². The third-order valence-electron chi connectivity index (χ3n) is 2.81. The number of carboxylic acids is 1. The van der Waals surface area contributed by atoms with Gasteiger partial charge in [0.25, 0.3) is 0 Å². The van der Waals surface area contributed by atoms with Crippen molar-refractivity contribution in [3.05, 3.63) is 35.9 Å². The zero-order valence-corrected chi connectivity index (χ0v) is 9.84. The third kappa shape index (κ3) is 2.06. The highest BCUT2D eigenvalue weighted by Gasteiger charge is 2.09. The molecule has 0 aliphatic heterocycles. The molecule has 0 aliphatic rings. The Morgan fingerprint density at radius 2 is 2.12 bits per heavy atom. The molecule has 0 atom stereocenters. The Balaban J connectivity index is 2.60. The number of benzene rings is 1. The first-order valence-corrected chi connectivity index (χ1v) is 5.47.